The normalized spacial score (nSPS) is 12.4. The molecular formula is C13H16N2O. The zero-order chi connectivity index (χ0) is 11.5. The topological polar surface area (TPSA) is 38.1 Å². The summed E-state index contributed by atoms with van der Waals surface area (Å²) < 4.78 is 5.35. The molecule has 2 rings (SSSR count). The molecule has 0 saturated carbocycles. The number of aromatic nitrogens is 1. The lowest BCUT2D eigenvalue weighted by atomic mass is 10.2. The van der Waals surface area contributed by atoms with Gasteiger partial charge in [-0.25, -0.2) is 0 Å². The first-order valence-corrected chi connectivity index (χ1v) is 5.41. The molecule has 84 valence electrons. The molecule has 0 amide bonds. The molecule has 1 unspecified atom stereocenters. The van der Waals surface area contributed by atoms with E-state index in [1.807, 2.05) is 32.0 Å². The van der Waals surface area contributed by atoms with Gasteiger partial charge in [0.05, 0.1) is 23.7 Å². The molecule has 0 aliphatic carbocycles. The summed E-state index contributed by atoms with van der Waals surface area (Å²) in [6.45, 7) is 6.06. The fraction of sp³-hybridized carbons (Fsp3) is 0.308. The van der Waals surface area contributed by atoms with Gasteiger partial charge in [0.15, 0.2) is 0 Å². The van der Waals surface area contributed by atoms with E-state index < -0.39 is 0 Å². The van der Waals surface area contributed by atoms with Crippen molar-refractivity contribution < 1.29 is 4.42 Å². The van der Waals surface area contributed by atoms with Crippen molar-refractivity contribution in [2.24, 2.45) is 0 Å². The number of pyridine rings is 1. The lowest BCUT2D eigenvalue weighted by Gasteiger charge is -2.14. The van der Waals surface area contributed by atoms with E-state index in [9.17, 15) is 0 Å². The van der Waals surface area contributed by atoms with Crippen LogP contribution in [0, 0.1) is 13.8 Å². The van der Waals surface area contributed by atoms with Crippen molar-refractivity contribution in [2.45, 2.75) is 26.8 Å². The third kappa shape index (κ3) is 2.24. The lowest BCUT2D eigenvalue weighted by molar-refractivity contribution is 0.490. The van der Waals surface area contributed by atoms with Crippen LogP contribution < -0.4 is 5.32 Å². The van der Waals surface area contributed by atoms with Crippen LogP contribution in [0.3, 0.4) is 0 Å². The zero-order valence-corrected chi connectivity index (χ0v) is 9.82. The van der Waals surface area contributed by atoms with Crippen LogP contribution in [0.4, 0.5) is 5.69 Å². The second kappa shape index (κ2) is 4.39. The highest BCUT2D eigenvalue weighted by atomic mass is 16.3. The number of anilines is 1. The van der Waals surface area contributed by atoms with Gasteiger partial charge in [-0.05, 0) is 45.0 Å². The monoisotopic (exact) mass is 216 g/mol. The Bertz CT molecular complexity index is 463. The minimum absolute atomic E-state index is 0.151. The maximum absolute atomic E-state index is 5.35. The molecule has 3 nitrogen and oxygen atoms in total. The first-order valence-electron chi connectivity index (χ1n) is 5.41. The summed E-state index contributed by atoms with van der Waals surface area (Å²) in [6.07, 6.45) is 1.69. The van der Waals surface area contributed by atoms with Crippen LogP contribution in [0.25, 0.3) is 0 Å². The van der Waals surface area contributed by atoms with Gasteiger partial charge in [0.25, 0.3) is 0 Å². The molecule has 2 aromatic rings. The number of furan rings is 1. The standard InChI is InChI=1S/C13H16N2O/c1-9-6-7-12(10(2)14-9)15-11(3)13-5-4-8-16-13/h4-8,11,15H,1-3H3. The lowest BCUT2D eigenvalue weighted by Crippen LogP contribution is -2.07. The second-order valence-electron chi connectivity index (χ2n) is 3.97. The Kier molecular flexibility index (Phi) is 2.95. The SMILES string of the molecule is Cc1ccc(NC(C)c2ccco2)c(C)n1. The van der Waals surface area contributed by atoms with E-state index in [1.54, 1.807) is 6.26 Å². The number of hydrogen-bond donors (Lipinski definition) is 1. The maximum Gasteiger partial charge on any atom is 0.125 e. The third-order valence-corrected chi connectivity index (χ3v) is 2.57. The number of aryl methyl sites for hydroxylation is 2. The van der Waals surface area contributed by atoms with E-state index >= 15 is 0 Å². The van der Waals surface area contributed by atoms with Gasteiger partial charge in [0.1, 0.15) is 5.76 Å². The molecule has 0 fully saturated rings. The summed E-state index contributed by atoms with van der Waals surface area (Å²) in [4.78, 5) is 4.41. The largest absolute Gasteiger partial charge is 0.467 e. The van der Waals surface area contributed by atoms with Gasteiger partial charge in [-0.2, -0.15) is 0 Å². The van der Waals surface area contributed by atoms with Crippen LogP contribution >= 0.6 is 0 Å². The smallest absolute Gasteiger partial charge is 0.125 e. The molecule has 0 aliphatic heterocycles. The summed E-state index contributed by atoms with van der Waals surface area (Å²) in [5, 5.41) is 3.38. The highest BCUT2D eigenvalue weighted by Crippen LogP contribution is 2.21. The van der Waals surface area contributed by atoms with E-state index in [0.717, 1.165) is 22.8 Å². The first kappa shape index (κ1) is 10.7. The van der Waals surface area contributed by atoms with Gasteiger partial charge < -0.3 is 9.73 Å². The number of nitrogens with zero attached hydrogens (tertiary/aromatic N) is 1. The number of hydrogen-bond acceptors (Lipinski definition) is 3. The van der Waals surface area contributed by atoms with Crippen molar-refractivity contribution in [3.8, 4) is 0 Å². The average Bonchev–Trinajstić information content (AvgIpc) is 2.75. The molecule has 0 aliphatic rings. The van der Waals surface area contributed by atoms with E-state index in [4.69, 9.17) is 4.42 Å². The van der Waals surface area contributed by atoms with Crippen LogP contribution in [0.5, 0.6) is 0 Å². The molecular weight excluding hydrogens is 200 g/mol. The van der Waals surface area contributed by atoms with Crippen molar-refractivity contribution in [1.82, 2.24) is 4.98 Å². The Morgan fingerprint density at radius 2 is 2.06 bits per heavy atom. The molecule has 0 saturated heterocycles. The Balaban J connectivity index is 2.15. The summed E-state index contributed by atoms with van der Waals surface area (Å²) in [5.74, 6) is 0.931. The van der Waals surface area contributed by atoms with E-state index in [2.05, 4.69) is 23.3 Å². The predicted molar refractivity (Wildman–Crippen MR) is 64.5 cm³/mol. The van der Waals surface area contributed by atoms with Crippen LogP contribution in [-0.4, -0.2) is 4.98 Å². The van der Waals surface area contributed by atoms with Gasteiger partial charge in [-0.15, -0.1) is 0 Å². The Hall–Kier alpha value is -1.77. The van der Waals surface area contributed by atoms with Crippen molar-refractivity contribution in [2.75, 3.05) is 5.32 Å². The van der Waals surface area contributed by atoms with Gasteiger partial charge in [0, 0.05) is 5.69 Å². The first-order chi connectivity index (χ1) is 7.66. The molecule has 0 spiro atoms. The van der Waals surface area contributed by atoms with Gasteiger partial charge in [-0.1, -0.05) is 0 Å². The van der Waals surface area contributed by atoms with E-state index in [-0.39, 0.29) is 6.04 Å². The maximum atomic E-state index is 5.35. The quantitative estimate of drug-likeness (QED) is 0.853. The molecule has 2 heterocycles. The van der Waals surface area contributed by atoms with Gasteiger partial charge >= 0.3 is 0 Å². The fourth-order valence-electron chi connectivity index (χ4n) is 1.68. The molecule has 16 heavy (non-hydrogen) atoms. The minimum atomic E-state index is 0.151. The van der Waals surface area contributed by atoms with Crippen LogP contribution in [0.1, 0.15) is 30.1 Å². The highest BCUT2D eigenvalue weighted by Gasteiger charge is 2.09. The van der Waals surface area contributed by atoms with Crippen LogP contribution in [0.15, 0.2) is 34.9 Å². The third-order valence-electron chi connectivity index (χ3n) is 2.57. The summed E-state index contributed by atoms with van der Waals surface area (Å²) >= 11 is 0. The molecule has 0 aromatic carbocycles. The molecule has 3 heteroatoms. The number of nitrogens with one attached hydrogen (secondary N) is 1. The van der Waals surface area contributed by atoms with Crippen LogP contribution in [0.2, 0.25) is 0 Å². The van der Waals surface area contributed by atoms with Crippen molar-refractivity contribution in [3.05, 3.63) is 47.7 Å². The Morgan fingerprint density at radius 1 is 1.25 bits per heavy atom. The second-order valence-corrected chi connectivity index (χ2v) is 3.97. The van der Waals surface area contributed by atoms with Crippen LogP contribution in [-0.2, 0) is 0 Å². The zero-order valence-electron chi connectivity index (χ0n) is 9.82. The minimum Gasteiger partial charge on any atom is -0.467 e. The Labute approximate surface area is 95.5 Å². The van der Waals surface area contributed by atoms with E-state index in [1.165, 1.54) is 0 Å². The molecule has 0 bridgehead atoms. The Morgan fingerprint density at radius 3 is 2.69 bits per heavy atom. The summed E-state index contributed by atoms with van der Waals surface area (Å²) in [7, 11) is 0. The molecule has 1 atom stereocenters. The van der Waals surface area contributed by atoms with Gasteiger partial charge in [-0.3, -0.25) is 4.98 Å². The average molecular weight is 216 g/mol. The van der Waals surface area contributed by atoms with Gasteiger partial charge in [0.2, 0.25) is 0 Å². The molecule has 0 radical (unpaired) electrons. The highest BCUT2D eigenvalue weighted by molar-refractivity contribution is 5.48. The summed E-state index contributed by atoms with van der Waals surface area (Å²) in [6, 6.07) is 8.07. The predicted octanol–water partition coefficient (Wildman–Crippen LogP) is 3.46. The van der Waals surface area contributed by atoms with Crippen molar-refractivity contribution in [3.63, 3.8) is 0 Å². The fourth-order valence-corrected chi connectivity index (χ4v) is 1.68. The van der Waals surface area contributed by atoms with E-state index in [0.29, 0.717) is 0 Å². The number of rotatable bonds is 3. The summed E-state index contributed by atoms with van der Waals surface area (Å²) in [5.41, 5.74) is 3.10. The molecule has 1 N–H and O–H groups in total. The van der Waals surface area contributed by atoms with Crippen molar-refractivity contribution >= 4 is 5.69 Å². The van der Waals surface area contributed by atoms with Crippen molar-refractivity contribution in [1.29, 1.82) is 0 Å². The molecule has 2 aromatic heterocycles.